The zero-order chi connectivity index (χ0) is 21.9. The first-order valence-corrected chi connectivity index (χ1v) is 11.4. The van der Waals surface area contributed by atoms with E-state index in [1.807, 2.05) is 6.07 Å². The number of thiocarbonyl (C=S) groups is 1. The van der Waals surface area contributed by atoms with Crippen molar-refractivity contribution < 1.29 is 19.1 Å². The molecule has 3 aliphatic rings. The molecule has 1 aromatic rings. The number of hydrogen-bond acceptors (Lipinski definition) is 8. The number of nitrogens with zero attached hydrogens (tertiary/aromatic N) is 2. The van der Waals surface area contributed by atoms with Crippen LogP contribution in [0, 0.1) is 16.7 Å². The highest BCUT2D eigenvalue weighted by Crippen LogP contribution is 2.62. The molecule has 0 spiro atoms. The number of hydrogen-bond donors (Lipinski definition) is 1. The summed E-state index contributed by atoms with van der Waals surface area (Å²) in [4.78, 5) is 27.3. The third-order valence-corrected chi connectivity index (χ3v) is 8.61. The molecule has 0 aliphatic carbocycles. The maximum absolute atomic E-state index is 13.8. The summed E-state index contributed by atoms with van der Waals surface area (Å²) in [5, 5.41) is 12.9. The van der Waals surface area contributed by atoms with Crippen molar-refractivity contribution in [3.8, 4) is 17.6 Å². The Morgan fingerprint density at radius 3 is 2.67 bits per heavy atom. The Morgan fingerprint density at radius 2 is 2.00 bits per heavy atom. The van der Waals surface area contributed by atoms with Gasteiger partial charge in [0, 0.05) is 13.5 Å². The van der Waals surface area contributed by atoms with Gasteiger partial charge >= 0.3 is 0 Å². The lowest BCUT2D eigenvalue weighted by Gasteiger charge is -2.40. The van der Waals surface area contributed by atoms with Crippen LogP contribution in [0.25, 0.3) is 0 Å². The monoisotopic (exact) mass is 463 g/mol. The number of amides is 2. The summed E-state index contributed by atoms with van der Waals surface area (Å²) in [5.74, 6) is 0.599. The summed E-state index contributed by atoms with van der Waals surface area (Å²) >= 11 is 8.00. The van der Waals surface area contributed by atoms with Crippen molar-refractivity contribution in [1.29, 1.82) is 5.26 Å². The van der Waals surface area contributed by atoms with Gasteiger partial charge in [-0.05, 0) is 38.5 Å². The van der Waals surface area contributed by atoms with Gasteiger partial charge in [-0.25, -0.2) is 0 Å². The highest BCUT2D eigenvalue weighted by molar-refractivity contribution is 8.48. The van der Waals surface area contributed by atoms with E-state index in [2.05, 4.69) is 11.4 Å². The van der Waals surface area contributed by atoms with Crippen molar-refractivity contribution in [2.24, 2.45) is 5.41 Å². The maximum Gasteiger partial charge on any atom is 0.256 e. The third-order valence-electron chi connectivity index (χ3n) is 5.73. The Balaban J connectivity index is 1.96. The smallest absolute Gasteiger partial charge is 0.256 e. The Bertz CT molecular complexity index is 1010. The minimum absolute atomic E-state index is 0.123. The topological polar surface area (TPSA) is 91.7 Å². The fraction of sp³-hybridized carbons (Fsp3) is 0.500. The summed E-state index contributed by atoms with van der Waals surface area (Å²) in [7, 11) is 1.53. The lowest BCUT2D eigenvalue weighted by atomic mass is 9.79. The molecule has 3 atom stereocenters. The second-order valence-corrected chi connectivity index (χ2v) is 12.3. The van der Waals surface area contributed by atoms with E-state index in [9.17, 15) is 14.9 Å². The number of rotatable bonds is 2. The van der Waals surface area contributed by atoms with Crippen molar-refractivity contribution >= 4 is 51.1 Å². The van der Waals surface area contributed by atoms with Gasteiger partial charge in [0.2, 0.25) is 12.7 Å². The van der Waals surface area contributed by atoms with Crippen LogP contribution in [0.5, 0.6) is 11.5 Å². The highest BCUT2D eigenvalue weighted by Gasteiger charge is 2.67. The van der Waals surface area contributed by atoms with Gasteiger partial charge in [0.1, 0.15) is 3.53 Å². The molecular formula is C20H21N3O4S3. The fourth-order valence-electron chi connectivity index (χ4n) is 4.37. The summed E-state index contributed by atoms with van der Waals surface area (Å²) < 4.78 is 10.6. The van der Waals surface area contributed by atoms with Gasteiger partial charge in [-0.2, -0.15) is 5.26 Å². The Kier molecular flexibility index (Phi) is 4.99. The van der Waals surface area contributed by atoms with Crippen LogP contribution in [0.2, 0.25) is 0 Å². The fourth-order valence-corrected chi connectivity index (χ4v) is 8.35. The van der Waals surface area contributed by atoms with Gasteiger partial charge in [0.05, 0.1) is 22.3 Å². The molecule has 2 saturated heterocycles. The third kappa shape index (κ3) is 2.98. The van der Waals surface area contributed by atoms with Crippen molar-refractivity contribution in [1.82, 2.24) is 10.2 Å². The molecule has 0 aromatic heterocycles. The minimum Gasteiger partial charge on any atom is -0.454 e. The van der Waals surface area contributed by atoms with Crippen LogP contribution in [-0.2, 0) is 9.59 Å². The molecule has 10 heteroatoms. The van der Waals surface area contributed by atoms with E-state index >= 15 is 0 Å². The van der Waals surface area contributed by atoms with Crippen LogP contribution in [0.1, 0.15) is 38.8 Å². The van der Waals surface area contributed by atoms with Gasteiger partial charge in [0.15, 0.2) is 16.4 Å². The first-order chi connectivity index (χ1) is 14.1. The van der Waals surface area contributed by atoms with Crippen molar-refractivity contribution in [2.75, 3.05) is 13.8 Å². The molecule has 7 nitrogen and oxygen atoms in total. The molecule has 2 fully saturated rings. The van der Waals surface area contributed by atoms with Crippen LogP contribution in [0.3, 0.4) is 0 Å². The van der Waals surface area contributed by atoms with Gasteiger partial charge < -0.3 is 19.7 Å². The molecule has 0 bridgehead atoms. The number of nitriles is 1. The predicted octanol–water partition coefficient (Wildman–Crippen LogP) is 3.20. The standard InChI is InChI=1S/C20H21N3O4S3/c1-18(2)16(25)23-14(11-5-6-12-13(7-11)27-10-26-12)19(3,9-21)8-20(23,15(24)22-4)30-17(28)29-18/h5-7,14H,8,10H2,1-4H3,(H,22,24)/t14-,19+,20-/m0/s1. The number of thioether (sulfide) groups is 2. The molecular weight excluding hydrogens is 442 g/mol. The Hall–Kier alpha value is -1.96. The quantitative estimate of drug-likeness (QED) is 0.669. The molecule has 1 aromatic carbocycles. The zero-order valence-electron chi connectivity index (χ0n) is 17.0. The van der Waals surface area contributed by atoms with E-state index in [0.29, 0.717) is 15.0 Å². The van der Waals surface area contributed by atoms with Crippen LogP contribution in [0.4, 0.5) is 0 Å². The first-order valence-electron chi connectivity index (χ1n) is 9.37. The van der Waals surface area contributed by atoms with E-state index in [4.69, 9.17) is 21.7 Å². The first kappa shape index (κ1) is 21.3. The highest BCUT2D eigenvalue weighted by atomic mass is 32.2. The zero-order valence-corrected chi connectivity index (χ0v) is 19.4. The second kappa shape index (κ2) is 7.04. The number of carbonyl (C=O) groups excluding carboxylic acids is 2. The molecule has 3 heterocycles. The largest absolute Gasteiger partial charge is 0.454 e. The molecule has 30 heavy (non-hydrogen) atoms. The summed E-state index contributed by atoms with van der Waals surface area (Å²) in [6, 6.07) is 7.13. The van der Waals surface area contributed by atoms with E-state index < -0.39 is 21.1 Å². The van der Waals surface area contributed by atoms with E-state index in [0.717, 1.165) is 5.56 Å². The van der Waals surface area contributed by atoms with Crippen LogP contribution >= 0.6 is 35.7 Å². The summed E-state index contributed by atoms with van der Waals surface area (Å²) in [6.45, 7) is 5.51. The van der Waals surface area contributed by atoms with Crippen molar-refractivity contribution in [3.63, 3.8) is 0 Å². The molecule has 1 N–H and O–H groups in total. The number of benzene rings is 1. The molecule has 0 saturated carbocycles. The molecule has 158 valence electrons. The van der Waals surface area contributed by atoms with Gasteiger partial charge in [-0.3, -0.25) is 9.59 Å². The van der Waals surface area contributed by atoms with Crippen LogP contribution in [-0.4, -0.2) is 43.7 Å². The lowest BCUT2D eigenvalue weighted by Crippen LogP contribution is -2.57. The number of nitrogens with one attached hydrogen (secondary N) is 1. The summed E-state index contributed by atoms with van der Waals surface area (Å²) in [5.41, 5.74) is -0.298. The maximum atomic E-state index is 13.8. The molecule has 0 unspecified atom stereocenters. The number of fused-ring (bicyclic) bond motifs is 2. The van der Waals surface area contributed by atoms with E-state index in [1.54, 1.807) is 37.8 Å². The number of ether oxygens (including phenoxy) is 2. The Labute approximate surface area is 188 Å². The number of likely N-dealkylation sites (N-methyl/N-ethyl adjacent to an activating group) is 1. The average Bonchev–Trinajstić information content (AvgIpc) is 3.24. The predicted molar refractivity (Wildman–Crippen MR) is 119 cm³/mol. The minimum atomic E-state index is -1.31. The van der Waals surface area contributed by atoms with Gasteiger partial charge in [0.25, 0.3) is 5.91 Å². The Morgan fingerprint density at radius 1 is 1.30 bits per heavy atom. The molecule has 3 aliphatic heterocycles. The van der Waals surface area contributed by atoms with E-state index in [1.165, 1.54) is 30.6 Å². The van der Waals surface area contributed by atoms with Crippen molar-refractivity contribution in [2.45, 2.75) is 42.9 Å². The van der Waals surface area contributed by atoms with E-state index in [-0.39, 0.29) is 25.0 Å². The number of carbonyl (C=O) groups is 2. The molecule has 0 radical (unpaired) electrons. The van der Waals surface area contributed by atoms with Crippen LogP contribution < -0.4 is 14.8 Å². The summed E-state index contributed by atoms with van der Waals surface area (Å²) in [6.07, 6.45) is 0.155. The molecule has 2 amide bonds. The van der Waals surface area contributed by atoms with Gasteiger partial charge in [-0.1, -0.05) is 41.8 Å². The van der Waals surface area contributed by atoms with Gasteiger partial charge in [-0.15, -0.1) is 0 Å². The normalized spacial score (nSPS) is 31.7. The second-order valence-electron chi connectivity index (χ2n) is 8.22. The van der Waals surface area contributed by atoms with Crippen molar-refractivity contribution in [3.05, 3.63) is 23.8 Å². The molecule has 4 rings (SSSR count). The average molecular weight is 464 g/mol. The lowest BCUT2D eigenvalue weighted by molar-refractivity contribution is -0.143. The SMILES string of the molecule is CNC(=O)[C@@]12C[C@](C)(C#N)[C@H](c3ccc4c(c3)OCO4)N1C(=O)C(C)(C)SC(=S)S2. The van der Waals surface area contributed by atoms with Crippen LogP contribution in [0.15, 0.2) is 18.2 Å².